The summed E-state index contributed by atoms with van der Waals surface area (Å²) in [5.74, 6) is 0. The van der Waals surface area contributed by atoms with Crippen LogP contribution in [0.3, 0.4) is 0 Å². The number of anilines is 1. The lowest BCUT2D eigenvalue weighted by Crippen LogP contribution is -2.54. The smallest absolute Gasteiger partial charge is 0.0591 e. The lowest BCUT2D eigenvalue weighted by Gasteiger charge is -2.46. The summed E-state index contributed by atoms with van der Waals surface area (Å²) in [4.78, 5) is 9.79. The summed E-state index contributed by atoms with van der Waals surface area (Å²) in [6.45, 7) is 6.77. The number of fused-ring (bicyclic) bond motifs is 3. The molecule has 1 saturated heterocycles. The van der Waals surface area contributed by atoms with Gasteiger partial charge in [0.15, 0.2) is 0 Å². The molecule has 0 amide bonds. The zero-order valence-corrected chi connectivity index (χ0v) is 14.6. The standard InChI is InChI=1S/C21H27N3/c1-2-6-18-13-22-14-21-20(18)10-9-19-16-23(11-12-24(19)21)15-17-7-4-3-5-8-17/h3-5,7-8,13-14,19H,2,6,9-12,15-16H2,1H3. The largest absolute Gasteiger partial charge is 0.364 e. The molecule has 1 aromatic heterocycles. The molecule has 0 spiro atoms. The van der Waals surface area contributed by atoms with Crippen LogP contribution in [-0.2, 0) is 19.4 Å². The predicted octanol–water partition coefficient (Wildman–Crippen LogP) is 3.67. The van der Waals surface area contributed by atoms with E-state index >= 15 is 0 Å². The third kappa shape index (κ3) is 3.05. The Labute approximate surface area is 145 Å². The van der Waals surface area contributed by atoms with Gasteiger partial charge in [0, 0.05) is 38.4 Å². The number of piperazine rings is 1. The first-order valence-electron chi connectivity index (χ1n) is 9.34. The fourth-order valence-electron chi connectivity index (χ4n) is 4.32. The van der Waals surface area contributed by atoms with Crippen molar-refractivity contribution in [3.05, 3.63) is 59.4 Å². The van der Waals surface area contributed by atoms with Crippen LogP contribution < -0.4 is 4.90 Å². The van der Waals surface area contributed by atoms with Gasteiger partial charge in [-0.15, -0.1) is 0 Å². The maximum absolute atomic E-state index is 4.54. The van der Waals surface area contributed by atoms with E-state index in [1.807, 2.05) is 0 Å². The van der Waals surface area contributed by atoms with E-state index in [2.05, 4.69) is 64.4 Å². The van der Waals surface area contributed by atoms with Crippen LogP contribution in [0.15, 0.2) is 42.7 Å². The van der Waals surface area contributed by atoms with Crippen molar-refractivity contribution in [2.24, 2.45) is 0 Å². The molecule has 24 heavy (non-hydrogen) atoms. The van der Waals surface area contributed by atoms with Gasteiger partial charge in [0.2, 0.25) is 0 Å². The van der Waals surface area contributed by atoms with Crippen LogP contribution in [0.25, 0.3) is 0 Å². The second kappa shape index (κ2) is 6.94. The second-order valence-electron chi connectivity index (χ2n) is 7.15. The SMILES string of the molecule is CCCc1cncc2c1CCC1CN(Cc3ccccc3)CCN21. The summed E-state index contributed by atoms with van der Waals surface area (Å²) in [6, 6.07) is 11.5. The number of hydrogen-bond acceptors (Lipinski definition) is 3. The zero-order chi connectivity index (χ0) is 16.4. The molecular weight excluding hydrogens is 294 g/mol. The van der Waals surface area contributed by atoms with Gasteiger partial charge in [-0.25, -0.2) is 0 Å². The number of hydrogen-bond donors (Lipinski definition) is 0. The number of benzene rings is 1. The van der Waals surface area contributed by atoms with E-state index in [9.17, 15) is 0 Å². The van der Waals surface area contributed by atoms with Crippen LogP contribution in [0.1, 0.15) is 36.5 Å². The van der Waals surface area contributed by atoms with Crippen LogP contribution in [0.5, 0.6) is 0 Å². The molecule has 1 fully saturated rings. The summed E-state index contributed by atoms with van der Waals surface area (Å²) >= 11 is 0. The van der Waals surface area contributed by atoms with Crippen LogP contribution >= 0.6 is 0 Å². The van der Waals surface area contributed by atoms with Gasteiger partial charge < -0.3 is 4.90 Å². The van der Waals surface area contributed by atoms with Gasteiger partial charge in [-0.2, -0.15) is 0 Å². The van der Waals surface area contributed by atoms with Crippen molar-refractivity contribution in [2.75, 3.05) is 24.5 Å². The van der Waals surface area contributed by atoms with Crippen molar-refractivity contribution in [3.8, 4) is 0 Å². The Morgan fingerprint density at radius 3 is 2.83 bits per heavy atom. The lowest BCUT2D eigenvalue weighted by atomic mass is 9.91. The number of aryl methyl sites for hydroxylation is 1. The molecule has 1 atom stereocenters. The van der Waals surface area contributed by atoms with Crippen molar-refractivity contribution in [1.82, 2.24) is 9.88 Å². The molecule has 2 aromatic rings. The molecule has 0 N–H and O–H groups in total. The minimum Gasteiger partial charge on any atom is -0.364 e. The topological polar surface area (TPSA) is 19.4 Å². The number of rotatable bonds is 4. The number of aromatic nitrogens is 1. The number of pyridine rings is 1. The Hall–Kier alpha value is -1.87. The molecule has 2 aliphatic heterocycles. The Morgan fingerprint density at radius 1 is 1.12 bits per heavy atom. The average Bonchev–Trinajstić information content (AvgIpc) is 2.63. The first-order chi connectivity index (χ1) is 11.8. The Kier molecular flexibility index (Phi) is 4.52. The van der Waals surface area contributed by atoms with Crippen LogP contribution in [0.4, 0.5) is 5.69 Å². The zero-order valence-electron chi connectivity index (χ0n) is 14.6. The van der Waals surface area contributed by atoms with E-state index in [-0.39, 0.29) is 0 Å². The van der Waals surface area contributed by atoms with Crippen molar-refractivity contribution in [1.29, 1.82) is 0 Å². The summed E-state index contributed by atoms with van der Waals surface area (Å²) in [7, 11) is 0. The van der Waals surface area contributed by atoms with Gasteiger partial charge in [0.1, 0.15) is 0 Å². The van der Waals surface area contributed by atoms with Crippen LogP contribution in [-0.4, -0.2) is 35.6 Å². The fourth-order valence-corrected chi connectivity index (χ4v) is 4.32. The van der Waals surface area contributed by atoms with Crippen molar-refractivity contribution in [3.63, 3.8) is 0 Å². The fraction of sp³-hybridized carbons (Fsp3) is 0.476. The highest BCUT2D eigenvalue weighted by atomic mass is 15.3. The highest BCUT2D eigenvalue weighted by molar-refractivity contribution is 5.58. The van der Waals surface area contributed by atoms with E-state index < -0.39 is 0 Å². The molecule has 126 valence electrons. The minimum absolute atomic E-state index is 0.647. The molecule has 2 aliphatic rings. The minimum atomic E-state index is 0.647. The summed E-state index contributed by atoms with van der Waals surface area (Å²) in [6.07, 6.45) is 9.05. The maximum atomic E-state index is 4.54. The molecule has 1 aromatic carbocycles. The van der Waals surface area contributed by atoms with Gasteiger partial charge in [0.05, 0.1) is 11.9 Å². The number of nitrogens with zero attached hydrogens (tertiary/aromatic N) is 3. The molecule has 3 heteroatoms. The molecule has 0 radical (unpaired) electrons. The van der Waals surface area contributed by atoms with Gasteiger partial charge >= 0.3 is 0 Å². The van der Waals surface area contributed by atoms with Gasteiger partial charge in [-0.05, 0) is 36.0 Å². The lowest BCUT2D eigenvalue weighted by molar-refractivity contribution is 0.206. The average molecular weight is 321 g/mol. The van der Waals surface area contributed by atoms with Crippen molar-refractivity contribution >= 4 is 5.69 Å². The van der Waals surface area contributed by atoms with E-state index in [4.69, 9.17) is 0 Å². The third-order valence-electron chi connectivity index (χ3n) is 5.50. The summed E-state index contributed by atoms with van der Waals surface area (Å²) < 4.78 is 0. The van der Waals surface area contributed by atoms with Gasteiger partial charge in [-0.1, -0.05) is 43.7 Å². The molecule has 3 heterocycles. The third-order valence-corrected chi connectivity index (χ3v) is 5.50. The van der Waals surface area contributed by atoms with Crippen molar-refractivity contribution < 1.29 is 0 Å². The first-order valence-corrected chi connectivity index (χ1v) is 9.34. The summed E-state index contributed by atoms with van der Waals surface area (Å²) in [5, 5.41) is 0. The molecular formula is C21H27N3. The molecule has 1 unspecified atom stereocenters. The molecule has 0 bridgehead atoms. The van der Waals surface area contributed by atoms with Crippen molar-refractivity contribution in [2.45, 2.75) is 45.2 Å². The normalized spacial score (nSPS) is 20.5. The first kappa shape index (κ1) is 15.6. The van der Waals surface area contributed by atoms with Gasteiger partial charge in [0.25, 0.3) is 0 Å². The Morgan fingerprint density at radius 2 is 2.00 bits per heavy atom. The van der Waals surface area contributed by atoms with Crippen LogP contribution in [0, 0.1) is 0 Å². The van der Waals surface area contributed by atoms with Crippen LogP contribution in [0.2, 0.25) is 0 Å². The van der Waals surface area contributed by atoms with Gasteiger partial charge in [-0.3, -0.25) is 9.88 Å². The van der Waals surface area contributed by atoms with E-state index in [1.54, 1.807) is 5.56 Å². The highest BCUT2D eigenvalue weighted by Gasteiger charge is 2.32. The Bertz CT molecular complexity index is 683. The quantitative estimate of drug-likeness (QED) is 0.856. The molecule has 0 saturated carbocycles. The second-order valence-corrected chi connectivity index (χ2v) is 7.15. The summed E-state index contributed by atoms with van der Waals surface area (Å²) in [5.41, 5.74) is 5.88. The molecule has 0 aliphatic carbocycles. The van der Waals surface area contributed by atoms with E-state index in [1.165, 1.54) is 42.6 Å². The monoisotopic (exact) mass is 321 g/mol. The maximum Gasteiger partial charge on any atom is 0.0591 e. The molecule has 3 nitrogen and oxygen atoms in total. The predicted molar refractivity (Wildman–Crippen MR) is 99.4 cm³/mol. The Balaban J connectivity index is 1.49. The van der Waals surface area contributed by atoms with E-state index in [0.717, 1.165) is 26.1 Å². The van der Waals surface area contributed by atoms with E-state index in [0.29, 0.717) is 6.04 Å². The highest BCUT2D eigenvalue weighted by Crippen LogP contribution is 2.34. The molecule has 4 rings (SSSR count).